The van der Waals surface area contributed by atoms with Crippen molar-refractivity contribution < 1.29 is 8.78 Å². The normalized spacial score (nSPS) is 10.3. The van der Waals surface area contributed by atoms with Crippen molar-refractivity contribution in [2.24, 2.45) is 0 Å². The Morgan fingerprint density at radius 2 is 1.87 bits per heavy atom. The van der Waals surface area contributed by atoms with Gasteiger partial charge in [-0.1, -0.05) is 6.07 Å². The highest BCUT2D eigenvalue weighted by atomic mass is 32.1. The molecular weight excluding hydrogens is 220 g/mol. The van der Waals surface area contributed by atoms with Crippen molar-refractivity contribution in [3.63, 3.8) is 0 Å². The molecule has 0 radical (unpaired) electrons. The minimum absolute atomic E-state index is 0.143. The minimum Gasteiger partial charge on any atom is -0.370 e. The number of aromatic nitrogens is 2. The minimum atomic E-state index is -0.640. The van der Waals surface area contributed by atoms with Crippen LogP contribution in [0.3, 0.4) is 0 Å². The number of anilines is 1. The van der Waals surface area contributed by atoms with Crippen LogP contribution in [0.2, 0.25) is 0 Å². The quantitative estimate of drug-likeness (QED) is 0.856. The van der Waals surface area contributed by atoms with E-state index < -0.39 is 11.6 Å². The Labute approximate surface area is 89.1 Å². The van der Waals surface area contributed by atoms with Crippen LogP contribution in [0.15, 0.2) is 18.2 Å². The standard InChI is InChI=1S/C9H7F2N3S/c1-12-9-8(13-15-14-9)7-5(10)3-2-4-6(7)11/h2-4H,1H3,(H,12,14). The SMILES string of the molecule is CNc1nsnc1-c1c(F)cccc1F. The summed E-state index contributed by atoms with van der Waals surface area (Å²) >= 11 is 0.907. The number of halogens is 2. The molecule has 2 rings (SSSR count). The lowest BCUT2D eigenvalue weighted by Gasteiger charge is -2.02. The van der Waals surface area contributed by atoms with Crippen LogP contribution in [0.1, 0.15) is 0 Å². The van der Waals surface area contributed by atoms with E-state index in [1.807, 2.05) is 0 Å². The fraction of sp³-hybridized carbons (Fsp3) is 0.111. The molecule has 6 heteroatoms. The van der Waals surface area contributed by atoms with Gasteiger partial charge in [0.1, 0.15) is 17.3 Å². The molecule has 0 fully saturated rings. The van der Waals surface area contributed by atoms with E-state index in [1.165, 1.54) is 18.2 Å². The molecular formula is C9H7F2N3S. The average Bonchev–Trinajstić information content (AvgIpc) is 2.65. The van der Waals surface area contributed by atoms with Crippen LogP contribution in [-0.4, -0.2) is 15.8 Å². The van der Waals surface area contributed by atoms with Gasteiger partial charge in [-0.3, -0.25) is 0 Å². The molecule has 0 unspecified atom stereocenters. The molecule has 78 valence electrons. The largest absolute Gasteiger partial charge is 0.370 e. The summed E-state index contributed by atoms with van der Waals surface area (Å²) in [6, 6.07) is 3.70. The summed E-state index contributed by atoms with van der Waals surface area (Å²) < 4.78 is 34.5. The third kappa shape index (κ3) is 1.68. The molecule has 1 heterocycles. The lowest BCUT2D eigenvalue weighted by molar-refractivity contribution is 0.589. The summed E-state index contributed by atoms with van der Waals surface area (Å²) in [5.41, 5.74) is 0.0636. The summed E-state index contributed by atoms with van der Waals surface area (Å²) in [4.78, 5) is 0. The van der Waals surface area contributed by atoms with Crippen molar-refractivity contribution in [2.75, 3.05) is 12.4 Å². The maximum absolute atomic E-state index is 13.4. The van der Waals surface area contributed by atoms with Gasteiger partial charge >= 0.3 is 0 Å². The number of benzene rings is 1. The number of rotatable bonds is 2. The molecule has 1 aromatic carbocycles. The fourth-order valence-electron chi connectivity index (χ4n) is 1.24. The highest BCUT2D eigenvalue weighted by molar-refractivity contribution is 6.99. The molecule has 3 nitrogen and oxygen atoms in total. The zero-order valence-corrected chi connectivity index (χ0v) is 8.61. The molecule has 15 heavy (non-hydrogen) atoms. The smallest absolute Gasteiger partial charge is 0.168 e. The van der Waals surface area contributed by atoms with Gasteiger partial charge in [-0.15, -0.1) is 0 Å². The van der Waals surface area contributed by atoms with Gasteiger partial charge in [0.05, 0.1) is 17.3 Å². The highest BCUT2D eigenvalue weighted by Crippen LogP contribution is 2.29. The van der Waals surface area contributed by atoms with Gasteiger partial charge in [0.15, 0.2) is 5.82 Å². The van der Waals surface area contributed by atoms with Gasteiger partial charge in [-0.2, -0.15) is 8.75 Å². The summed E-state index contributed by atoms with van der Waals surface area (Å²) in [5, 5.41) is 2.73. The number of hydrogen-bond donors (Lipinski definition) is 1. The van der Waals surface area contributed by atoms with E-state index in [2.05, 4.69) is 14.1 Å². The molecule has 0 atom stereocenters. The van der Waals surface area contributed by atoms with Gasteiger partial charge in [0.25, 0.3) is 0 Å². The second-order valence-electron chi connectivity index (χ2n) is 2.81. The molecule has 0 aliphatic rings. The molecule has 0 spiro atoms. The molecule has 0 amide bonds. The third-order valence-corrected chi connectivity index (χ3v) is 2.45. The third-order valence-electron chi connectivity index (χ3n) is 1.92. The predicted octanol–water partition coefficient (Wildman–Crippen LogP) is 2.53. The van der Waals surface area contributed by atoms with Gasteiger partial charge in [-0.25, -0.2) is 8.78 Å². The van der Waals surface area contributed by atoms with E-state index >= 15 is 0 Å². The summed E-state index contributed by atoms with van der Waals surface area (Å²) in [6.45, 7) is 0. The van der Waals surface area contributed by atoms with Gasteiger partial charge < -0.3 is 5.32 Å². The Bertz CT molecular complexity index is 464. The second kappa shape index (κ2) is 3.90. The van der Waals surface area contributed by atoms with Crippen molar-refractivity contribution in [1.82, 2.24) is 8.75 Å². The van der Waals surface area contributed by atoms with E-state index in [1.54, 1.807) is 7.05 Å². The van der Waals surface area contributed by atoms with E-state index in [0.29, 0.717) is 5.82 Å². The van der Waals surface area contributed by atoms with Crippen LogP contribution in [-0.2, 0) is 0 Å². The Hall–Kier alpha value is -1.56. The Morgan fingerprint density at radius 1 is 1.20 bits per heavy atom. The molecule has 1 N–H and O–H groups in total. The average molecular weight is 227 g/mol. The molecule has 1 aromatic heterocycles. The topological polar surface area (TPSA) is 37.8 Å². The lowest BCUT2D eigenvalue weighted by Crippen LogP contribution is -1.95. The maximum Gasteiger partial charge on any atom is 0.168 e. The van der Waals surface area contributed by atoms with E-state index in [4.69, 9.17) is 0 Å². The van der Waals surface area contributed by atoms with Crippen molar-refractivity contribution in [3.05, 3.63) is 29.8 Å². The van der Waals surface area contributed by atoms with Gasteiger partial charge in [0, 0.05) is 7.05 Å². The van der Waals surface area contributed by atoms with Crippen LogP contribution in [0.25, 0.3) is 11.3 Å². The highest BCUT2D eigenvalue weighted by Gasteiger charge is 2.17. The van der Waals surface area contributed by atoms with E-state index in [-0.39, 0.29) is 11.3 Å². The first-order valence-electron chi connectivity index (χ1n) is 4.18. The Balaban J connectivity index is 2.63. The summed E-state index contributed by atoms with van der Waals surface area (Å²) in [7, 11) is 1.62. The fourth-order valence-corrected chi connectivity index (χ4v) is 1.80. The summed E-state index contributed by atoms with van der Waals surface area (Å²) in [6.07, 6.45) is 0. The van der Waals surface area contributed by atoms with E-state index in [0.717, 1.165) is 11.7 Å². The predicted molar refractivity (Wildman–Crippen MR) is 54.8 cm³/mol. The van der Waals surface area contributed by atoms with Crippen LogP contribution in [0.4, 0.5) is 14.6 Å². The van der Waals surface area contributed by atoms with Crippen molar-refractivity contribution in [3.8, 4) is 11.3 Å². The first-order valence-corrected chi connectivity index (χ1v) is 4.91. The molecule has 0 saturated carbocycles. The number of hydrogen-bond acceptors (Lipinski definition) is 4. The van der Waals surface area contributed by atoms with Crippen molar-refractivity contribution >= 4 is 17.5 Å². The molecule has 0 aliphatic heterocycles. The number of nitrogens with zero attached hydrogens (tertiary/aromatic N) is 2. The van der Waals surface area contributed by atoms with Crippen LogP contribution in [0, 0.1) is 11.6 Å². The zero-order valence-electron chi connectivity index (χ0n) is 7.79. The monoisotopic (exact) mass is 227 g/mol. The maximum atomic E-state index is 13.4. The van der Waals surface area contributed by atoms with Crippen molar-refractivity contribution in [2.45, 2.75) is 0 Å². The Kier molecular flexibility index (Phi) is 2.59. The molecule has 0 saturated heterocycles. The number of nitrogens with one attached hydrogen (secondary N) is 1. The Morgan fingerprint density at radius 3 is 2.47 bits per heavy atom. The molecule has 2 aromatic rings. The summed E-state index contributed by atoms with van der Waals surface area (Å²) in [5.74, 6) is -0.901. The second-order valence-corrected chi connectivity index (χ2v) is 3.34. The van der Waals surface area contributed by atoms with Gasteiger partial charge in [0.2, 0.25) is 0 Å². The molecule has 0 aliphatic carbocycles. The van der Waals surface area contributed by atoms with E-state index in [9.17, 15) is 8.78 Å². The van der Waals surface area contributed by atoms with Crippen LogP contribution >= 0.6 is 11.7 Å². The first-order chi connectivity index (χ1) is 7.24. The zero-order chi connectivity index (χ0) is 10.8. The van der Waals surface area contributed by atoms with Crippen LogP contribution in [0.5, 0.6) is 0 Å². The molecule has 0 bridgehead atoms. The van der Waals surface area contributed by atoms with Crippen molar-refractivity contribution in [1.29, 1.82) is 0 Å². The lowest BCUT2D eigenvalue weighted by atomic mass is 10.1. The van der Waals surface area contributed by atoms with Crippen LogP contribution < -0.4 is 5.32 Å². The first kappa shape index (κ1) is 9.97. The van der Waals surface area contributed by atoms with Gasteiger partial charge in [-0.05, 0) is 12.1 Å².